The number of imidazole rings is 1. The number of H-pyrrole nitrogens is 1. The number of nitrogens with zero attached hydrogens (tertiary/aromatic N) is 2. The highest BCUT2D eigenvalue weighted by Crippen LogP contribution is 2.30. The Morgan fingerprint density at radius 1 is 1.11 bits per heavy atom. The number of aromatic nitrogens is 3. The number of nitrogens with one attached hydrogen (secondary N) is 1. The van der Waals surface area contributed by atoms with Crippen LogP contribution in [0.4, 0.5) is 0 Å². The lowest BCUT2D eigenvalue weighted by molar-refractivity contribution is 0.503. The Morgan fingerprint density at radius 3 is 2.50 bits per heavy atom. The monoisotopic (exact) mass is 241 g/mol. The molecule has 0 saturated heterocycles. The molecule has 0 fully saturated rings. The van der Waals surface area contributed by atoms with Gasteiger partial charge in [0.15, 0.2) is 5.65 Å². The van der Waals surface area contributed by atoms with Crippen LogP contribution in [0.5, 0.6) is 0 Å². The highest BCUT2D eigenvalue weighted by atomic mass is 16.3. The fraction of sp³-hybridized carbons (Fsp3) is 0.286. The lowest BCUT2D eigenvalue weighted by Crippen LogP contribution is -1.84. The third kappa shape index (κ3) is 1.45. The SMILES string of the molecule is Cc1oc(C)c(-c2nc3nccc(C)c3[nH]2)c1C. The zero-order valence-electron chi connectivity index (χ0n) is 11.0. The van der Waals surface area contributed by atoms with Crippen LogP contribution in [-0.2, 0) is 0 Å². The molecule has 4 heteroatoms. The number of hydrogen-bond donors (Lipinski definition) is 1. The zero-order valence-corrected chi connectivity index (χ0v) is 11.0. The van der Waals surface area contributed by atoms with Crippen LogP contribution in [0.3, 0.4) is 0 Å². The van der Waals surface area contributed by atoms with Crippen LogP contribution in [0.2, 0.25) is 0 Å². The average molecular weight is 241 g/mol. The fourth-order valence-electron chi connectivity index (χ4n) is 2.30. The summed E-state index contributed by atoms with van der Waals surface area (Å²) in [6.07, 6.45) is 1.78. The van der Waals surface area contributed by atoms with E-state index in [0.29, 0.717) is 0 Å². The van der Waals surface area contributed by atoms with E-state index < -0.39 is 0 Å². The molecule has 0 spiro atoms. The molecule has 4 nitrogen and oxygen atoms in total. The molecular weight excluding hydrogens is 226 g/mol. The molecular formula is C14H15N3O. The predicted molar refractivity (Wildman–Crippen MR) is 70.5 cm³/mol. The molecule has 0 saturated carbocycles. The Kier molecular flexibility index (Phi) is 2.26. The number of aryl methyl sites for hydroxylation is 3. The van der Waals surface area contributed by atoms with Gasteiger partial charge in [0.2, 0.25) is 0 Å². The van der Waals surface area contributed by atoms with Crippen molar-refractivity contribution >= 4 is 11.2 Å². The van der Waals surface area contributed by atoms with E-state index in [9.17, 15) is 0 Å². The summed E-state index contributed by atoms with van der Waals surface area (Å²) < 4.78 is 5.65. The molecule has 92 valence electrons. The lowest BCUT2D eigenvalue weighted by atomic mass is 10.1. The Balaban J connectivity index is 2.29. The molecule has 1 N–H and O–H groups in total. The van der Waals surface area contributed by atoms with Crippen LogP contribution in [0, 0.1) is 27.7 Å². The number of hydrogen-bond acceptors (Lipinski definition) is 3. The second kappa shape index (κ2) is 3.70. The van der Waals surface area contributed by atoms with Gasteiger partial charge in [0.05, 0.1) is 11.1 Å². The summed E-state index contributed by atoms with van der Waals surface area (Å²) >= 11 is 0. The first-order valence-electron chi connectivity index (χ1n) is 5.96. The molecule has 0 aliphatic heterocycles. The van der Waals surface area contributed by atoms with E-state index in [4.69, 9.17) is 4.42 Å². The Morgan fingerprint density at radius 2 is 1.89 bits per heavy atom. The van der Waals surface area contributed by atoms with Gasteiger partial charge in [-0.1, -0.05) is 0 Å². The van der Waals surface area contributed by atoms with Gasteiger partial charge < -0.3 is 9.40 Å². The van der Waals surface area contributed by atoms with Crippen LogP contribution >= 0.6 is 0 Å². The van der Waals surface area contributed by atoms with Gasteiger partial charge in [-0.05, 0) is 39.3 Å². The Bertz CT molecular complexity index is 737. The van der Waals surface area contributed by atoms with Crippen molar-refractivity contribution in [2.24, 2.45) is 0 Å². The van der Waals surface area contributed by atoms with Crippen molar-refractivity contribution in [2.45, 2.75) is 27.7 Å². The van der Waals surface area contributed by atoms with Gasteiger partial charge in [-0.15, -0.1) is 0 Å². The first-order valence-corrected chi connectivity index (χ1v) is 5.96. The van der Waals surface area contributed by atoms with Crippen molar-refractivity contribution in [1.29, 1.82) is 0 Å². The Labute approximate surface area is 105 Å². The van der Waals surface area contributed by atoms with Gasteiger partial charge in [0, 0.05) is 11.8 Å². The summed E-state index contributed by atoms with van der Waals surface area (Å²) in [6, 6.07) is 1.98. The average Bonchev–Trinajstić information content (AvgIpc) is 2.83. The lowest BCUT2D eigenvalue weighted by Gasteiger charge is -1.95. The second-order valence-electron chi connectivity index (χ2n) is 4.63. The van der Waals surface area contributed by atoms with Crippen molar-refractivity contribution in [3.63, 3.8) is 0 Å². The summed E-state index contributed by atoms with van der Waals surface area (Å²) in [5.74, 6) is 2.66. The van der Waals surface area contributed by atoms with E-state index in [0.717, 1.165) is 45.2 Å². The van der Waals surface area contributed by atoms with Crippen molar-refractivity contribution in [3.8, 4) is 11.4 Å². The van der Waals surface area contributed by atoms with Crippen molar-refractivity contribution in [3.05, 3.63) is 34.9 Å². The summed E-state index contributed by atoms with van der Waals surface area (Å²) in [5.41, 5.74) is 5.07. The maximum Gasteiger partial charge on any atom is 0.178 e. The van der Waals surface area contributed by atoms with Gasteiger partial charge in [0.25, 0.3) is 0 Å². The second-order valence-corrected chi connectivity index (χ2v) is 4.63. The summed E-state index contributed by atoms with van der Waals surface area (Å²) in [7, 11) is 0. The molecule has 0 radical (unpaired) electrons. The maximum absolute atomic E-state index is 5.65. The van der Waals surface area contributed by atoms with Crippen LogP contribution < -0.4 is 0 Å². The van der Waals surface area contributed by atoms with E-state index in [-0.39, 0.29) is 0 Å². The fourth-order valence-corrected chi connectivity index (χ4v) is 2.30. The minimum atomic E-state index is 0.752. The number of aromatic amines is 1. The van der Waals surface area contributed by atoms with Crippen molar-refractivity contribution < 1.29 is 4.42 Å². The van der Waals surface area contributed by atoms with Crippen molar-refractivity contribution in [2.75, 3.05) is 0 Å². The molecule has 0 atom stereocenters. The largest absolute Gasteiger partial charge is 0.466 e. The molecule has 18 heavy (non-hydrogen) atoms. The molecule has 3 rings (SSSR count). The maximum atomic E-state index is 5.65. The third-order valence-corrected chi connectivity index (χ3v) is 3.40. The third-order valence-electron chi connectivity index (χ3n) is 3.40. The normalized spacial score (nSPS) is 11.3. The van der Waals surface area contributed by atoms with Gasteiger partial charge in [0.1, 0.15) is 17.3 Å². The van der Waals surface area contributed by atoms with Crippen molar-refractivity contribution in [1.82, 2.24) is 15.0 Å². The van der Waals surface area contributed by atoms with Crippen LogP contribution in [0.1, 0.15) is 22.6 Å². The van der Waals surface area contributed by atoms with Crippen LogP contribution in [0.15, 0.2) is 16.7 Å². The zero-order chi connectivity index (χ0) is 12.9. The molecule has 0 aliphatic rings. The van der Waals surface area contributed by atoms with Crippen LogP contribution in [-0.4, -0.2) is 15.0 Å². The van der Waals surface area contributed by atoms with Crippen LogP contribution in [0.25, 0.3) is 22.6 Å². The van der Waals surface area contributed by atoms with Gasteiger partial charge >= 0.3 is 0 Å². The molecule has 3 heterocycles. The predicted octanol–water partition coefficient (Wildman–Crippen LogP) is 3.45. The molecule has 0 aromatic carbocycles. The molecule has 0 aliphatic carbocycles. The minimum Gasteiger partial charge on any atom is -0.466 e. The quantitative estimate of drug-likeness (QED) is 0.710. The van der Waals surface area contributed by atoms with Gasteiger partial charge in [-0.3, -0.25) is 0 Å². The number of furan rings is 1. The number of pyridine rings is 1. The van der Waals surface area contributed by atoms with E-state index in [2.05, 4.69) is 21.9 Å². The Hall–Kier alpha value is -2.10. The molecule has 3 aromatic heterocycles. The highest BCUT2D eigenvalue weighted by molar-refractivity contribution is 5.80. The van der Waals surface area contributed by atoms with E-state index in [1.807, 2.05) is 26.8 Å². The number of rotatable bonds is 1. The molecule has 0 amide bonds. The molecule has 3 aromatic rings. The highest BCUT2D eigenvalue weighted by Gasteiger charge is 2.17. The topological polar surface area (TPSA) is 54.7 Å². The first kappa shape index (κ1) is 11.0. The van der Waals surface area contributed by atoms with E-state index >= 15 is 0 Å². The molecule has 0 bridgehead atoms. The first-order chi connectivity index (χ1) is 8.58. The number of fused-ring (bicyclic) bond motifs is 1. The molecule has 0 unspecified atom stereocenters. The van der Waals surface area contributed by atoms with E-state index in [1.54, 1.807) is 6.20 Å². The summed E-state index contributed by atoms with van der Waals surface area (Å²) in [4.78, 5) is 12.2. The van der Waals surface area contributed by atoms with Gasteiger partial charge in [-0.25, -0.2) is 9.97 Å². The summed E-state index contributed by atoms with van der Waals surface area (Å²) in [5, 5.41) is 0. The summed E-state index contributed by atoms with van der Waals surface area (Å²) in [6.45, 7) is 8.03. The minimum absolute atomic E-state index is 0.752. The smallest absolute Gasteiger partial charge is 0.178 e. The van der Waals surface area contributed by atoms with Gasteiger partial charge in [-0.2, -0.15) is 0 Å². The van der Waals surface area contributed by atoms with E-state index in [1.165, 1.54) is 0 Å². The standard InChI is InChI=1S/C14H15N3O/c1-7-5-6-15-14-12(7)16-13(17-14)11-8(2)9(3)18-10(11)4/h5-6H,1-4H3,(H,15,16,17).